The van der Waals surface area contributed by atoms with Gasteiger partial charge in [0, 0.05) is 30.1 Å². The SMILES string of the molecule is Cc1cccc(Cl)c1Nc1cc(-c2ccncc2)nc(NC2CCCC2)n1. The summed E-state index contributed by atoms with van der Waals surface area (Å²) in [7, 11) is 0. The van der Waals surface area contributed by atoms with Crippen molar-refractivity contribution in [2.45, 2.75) is 38.6 Å². The Morgan fingerprint density at radius 3 is 2.56 bits per heavy atom. The Morgan fingerprint density at radius 2 is 1.81 bits per heavy atom. The molecule has 0 radical (unpaired) electrons. The molecule has 2 heterocycles. The van der Waals surface area contributed by atoms with Gasteiger partial charge in [-0.25, -0.2) is 4.98 Å². The van der Waals surface area contributed by atoms with E-state index in [-0.39, 0.29) is 0 Å². The van der Waals surface area contributed by atoms with Crippen molar-refractivity contribution in [2.24, 2.45) is 0 Å². The van der Waals surface area contributed by atoms with Crippen molar-refractivity contribution in [1.82, 2.24) is 15.0 Å². The molecule has 0 aliphatic heterocycles. The predicted octanol–water partition coefficient (Wildman–Crippen LogP) is 5.60. The van der Waals surface area contributed by atoms with E-state index < -0.39 is 0 Å². The van der Waals surface area contributed by atoms with Crippen LogP contribution in [-0.4, -0.2) is 21.0 Å². The molecule has 0 unspecified atom stereocenters. The Labute approximate surface area is 164 Å². The number of anilines is 3. The van der Waals surface area contributed by atoms with Crippen molar-refractivity contribution in [3.05, 3.63) is 59.4 Å². The van der Waals surface area contributed by atoms with E-state index in [0.717, 1.165) is 35.3 Å². The molecule has 1 fully saturated rings. The third-order valence-electron chi connectivity index (χ3n) is 4.87. The maximum Gasteiger partial charge on any atom is 0.225 e. The number of nitrogens with one attached hydrogen (secondary N) is 2. The molecule has 27 heavy (non-hydrogen) atoms. The molecule has 0 spiro atoms. The van der Waals surface area contributed by atoms with Crippen LogP contribution in [0.3, 0.4) is 0 Å². The van der Waals surface area contributed by atoms with E-state index in [1.165, 1.54) is 12.8 Å². The lowest BCUT2D eigenvalue weighted by atomic mass is 10.2. The van der Waals surface area contributed by atoms with E-state index in [4.69, 9.17) is 21.6 Å². The van der Waals surface area contributed by atoms with E-state index >= 15 is 0 Å². The molecule has 3 aromatic rings. The van der Waals surface area contributed by atoms with E-state index in [9.17, 15) is 0 Å². The highest BCUT2D eigenvalue weighted by molar-refractivity contribution is 6.33. The zero-order valence-corrected chi connectivity index (χ0v) is 16.0. The molecule has 4 rings (SSSR count). The fraction of sp³-hybridized carbons (Fsp3) is 0.286. The van der Waals surface area contributed by atoms with Gasteiger partial charge in [0.2, 0.25) is 5.95 Å². The van der Waals surface area contributed by atoms with Crippen LogP contribution in [0, 0.1) is 6.92 Å². The topological polar surface area (TPSA) is 62.7 Å². The zero-order chi connectivity index (χ0) is 18.6. The lowest BCUT2D eigenvalue weighted by molar-refractivity contribution is 0.744. The summed E-state index contributed by atoms with van der Waals surface area (Å²) >= 11 is 6.38. The fourth-order valence-electron chi connectivity index (χ4n) is 3.42. The molecule has 1 aliphatic rings. The minimum atomic E-state index is 0.438. The van der Waals surface area contributed by atoms with E-state index in [0.29, 0.717) is 22.8 Å². The largest absolute Gasteiger partial charge is 0.351 e. The lowest BCUT2D eigenvalue weighted by Crippen LogP contribution is -2.17. The summed E-state index contributed by atoms with van der Waals surface area (Å²) < 4.78 is 0. The van der Waals surface area contributed by atoms with Gasteiger partial charge in [-0.05, 0) is 43.5 Å². The summed E-state index contributed by atoms with van der Waals surface area (Å²) in [5, 5.41) is 7.54. The number of halogens is 1. The van der Waals surface area contributed by atoms with Gasteiger partial charge >= 0.3 is 0 Å². The van der Waals surface area contributed by atoms with Gasteiger partial charge in [0.1, 0.15) is 5.82 Å². The van der Waals surface area contributed by atoms with Gasteiger partial charge < -0.3 is 10.6 Å². The quantitative estimate of drug-likeness (QED) is 0.604. The monoisotopic (exact) mass is 379 g/mol. The second-order valence-corrected chi connectivity index (χ2v) is 7.29. The van der Waals surface area contributed by atoms with Gasteiger partial charge in [-0.3, -0.25) is 4.98 Å². The number of benzene rings is 1. The molecule has 0 saturated heterocycles. The summed E-state index contributed by atoms with van der Waals surface area (Å²) in [5.41, 5.74) is 3.78. The Balaban J connectivity index is 1.71. The van der Waals surface area contributed by atoms with Gasteiger partial charge in [-0.2, -0.15) is 4.98 Å². The zero-order valence-electron chi connectivity index (χ0n) is 15.2. The Hall–Kier alpha value is -2.66. The first-order valence-corrected chi connectivity index (χ1v) is 9.65. The van der Waals surface area contributed by atoms with Crippen LogP contribution in [0.1, 0.15) is 31.2 Å². The van der Waals surface area contributed by atoms with Gasteiger partial charge in [0.05, 0.1) is 16.4 Å². The maximum atomic E-state index is 6.38. The molecule has 2 N–H and O–H groups in total. The summed E-state index contributed by atoms with van der Waals surface area (Å²) in [6, 6.07) is 12.1. The number of para-hydroxylation sites is 1. The average Bonchev–Trinajstić information content (AvgIpc) is 3.18. The highest BCUT2D eigenvalue weighted by Gasteiger charge is 2.17. The number of hydrogen-bond donors (Lipinski definition) is 2. The summed E-state index contributed by atoms with van der Waals surface area (Å²) in [4.78, 5) is 13.5. The van der Waals surface area contributed by atoms with Crippen molar-refractivity contribution < 1.29 is 0 Å². The number of hydrogen-bond acceptors (Lipinski definition) is 5. The van der Waals surface area contributed by atoms with Crippen molar-refractivity contribution in [2.75, 3.05) is 10.6 Å². The molecule has 1 saturated carbocycles. The van der Waals surface area contributed by atoms with Crippen LogP contribution in [-0.2, 0) is 0 Å². The molecular weight excluding hydrogens is 358 g/mol. The van der Waals surface area contributed by atoms with Gasteiger partial charge in [0.25, 0.3) is 0 Å². The first-order chi connectivity index (χ1) is 13.2. The molecule has 1 aromatic carbocycles. The van der Waals surface area contributed by atoms with Gasteiger partial charge in [0.15, 0.2) is 0 Å². The van der Waals surface area contributed by atoms with Crippen molar-refractivity contribution >= 4 is 29.1 Å². The molecular formula is C21H22ClN5. The van der Waals surface area contributed by atoms with Crippen molar-refractivity contribution in [1.29, 1.82) is 0 Å². The van der Waals surface area contributed by atoms with Crippen LogP contribution >= 0.6 is 11.6 Å². The van der Waals surface area contributed by atoms with Crippen molar-refractivity contribution in [3.63, 3.8) is 0 Å². The molecule has 0 bridgehead atoms. The minimum Gasteiger partial charge on any atom is -0.351 e. The maximum absolute atomic E-state index is 6.38. The molecule has 1 aliphatic carbocycles. The van der Waals surface area contributed by atoms with Crippen molar-refractivity contribution in [3.8, 4) is 11.3 Å². The van der Waals surface area contributed by atoms with E-state index in [2.05, 4.69) is 15.6 Å². The Morgan fingerprint density at radius 1 is 1.04 bits per heavy atom. The number of aryl methyl sites for hydroxylation is 1. The number of rotatable bonds is 5. The highest BCUT2D eigenvalue weighted by atomic mass is 35.5. The summed E-state index contributed by atoms with van der Waals surface area (Å²) in [5.74, 6) is 1.36. The Bertz CT molecular complexity index is 903. The normalized spacial score (nSPS) is 14.3. The first kappa shape index (κ1) is 17.7. The van der Waals surface area contributed by atoms with Crippen LogP contribution < -0.4 is 10.6 Å². The minimum absolute atomic E-state index is 0.438. The average molecular weight is 380 g/mol. The summed E-state index contributed by atoms with van der Waals surface area (Å²) in [6.07, 6.45) is 8.38. The second-order valence-electron chi connectivity index (χ2n) is 6.88. The third-order valence-corrected chi connectivity index (χ3v) is 5.18. The number of aromatic nitrogens is 3. The second kappa shape index (κ2) is 7.92. The predicted molar refractivity (Wildman–Crippen MR) is 111 cm³/mol. The van der Waals surface area contributed by atoms with E-state index in [1.54, 1.807) is 12.4 Å². The molecule has 138 valence electrons. The highest BCUT2D eigenvalue weighted by Crippen LogP contribution is 2.30. The summed E-state index contributed by atoms with van der Waals surface area (Å²) in [6.45, 7) is 2.02. The molecule has 5 nitrogen and oxygen atoms in total. The standard InChI is InChI=1S/C21H22ClN5/c1-14-5-4-8-17(22)20(14)26-19-13-18(15-9-11-23-12-10-15)25-21(27-19)24-16-6-2-3-7-16/h4-5,8-13,16H,2-3,6-7H2,1H3,(H2,24,25,26,27). The van der Waals surface area contributed by atoms with Gasteiger partial charge in [-0.1, -0.05) is 36.6 Å². The van der Waals surface area contributed by atoms with Crippen LogP contribution in [0.25, 0.3) is 11.3 Å². The van der Waals surface area contributed by atoms with Crippen LogP contribution in [0.2, 0.25) is 5.02 Å². The van der Waals surface area contributed by atoms with Crippen LogP contribution in [0.5, 0.6) is 0 Å². The first-order valence-electron chi connectivity index (χ1n) is 9.27. The van der Waals surface area contributed by atoms with Crippen LogP contribution in [0.4, 0.5) is 17.5 Å². The molecule has 2 aromatic heterocycles. The number of pyridine rings is 1. The van der Waals surface area contributed by atoms with Crippen LogP contribution in [0.15, 0.2) is 48.8 Å². The third kappa shape index (κ3) is 4.19. The Kier molecular flexibility index (Phi) is 5.21. The number of nitrogens with zero attached hydrogens (tertiary/aromatic N) is 3. The fourth-order valence-corrected chi connectivity index (χ4v) is 3.69. The molecule has 0 amide bonds. The molecule has 0 atom stereocenters. The van der Waals surface area contributed by atoms with Gasteiger partial charge in [-0.15, -0.1) is 0 Å². The molecule has 6 heteroatoms. The smallest absolute Gasteiger partial charge is 0.225 e. The van der Waals surface area contributed by atoms with E-state index in [1.807, 2.05) is 43.3 Å². The lowest BCUT2D eigenvalue weighted by Gasteiger charge is -2.16.